The molecule has 162 valence electrons. The Kier molecular flexibility index (Phi) is 9.37. The third kappa shape index (κ3) is 7.17. The molecular weight excluding hydrogens is 444 g/mol. The fourth-order valence-corrected chi connectivity index (χ4v) is 3.27. The molecule has 0 aliphatic rings. The van der Waals surface area contributed by atoms with E-state index in [2.05, 4.69) is 21.2 Å². The summed E-state index contributed by atoms with van der Waals surface area (Å²) in [6.45, 7) is 8.16. The van der Waals surface area contributed by atoms with E-state index in [0.717, 1.165) is 22.0 Å². The van der Waals surface area contributed by atoms with E-state index in [-0.39, 0.29) is 24.5 Å². The van der Waals surface area contributed by atoms with Crippen LogP contribution in [0.3, 0.4) is 0 Å². The maximum Gasteiger partial charge on any atom is 0.261 e. The highest BCUT2D eigenvalue weighted by atomic mass is 79.9. The molecule has 0 saturated heterocycles. The summed E-state index contributed by atoms with van der Waals surface area (Å²) in [5, 5.41) is 3.01. The van der Waals surface area contributed by atoms with E-state index >= 15 is 0 Å². The summed E-state index contributed by atoms with van der Waals surface area (Å²) in [6.07, 6.45) is 1.36. The van der Waals surface area contributed by atoms with Gasteiger partial charge in [-0.2, -0.15) is 0 Å². The molecule has 6 heteroatoms. The Morgan fingerprint density at radius 1 is 1.03 bits per heavy atom. The number of nitrogens with zero attached hydrogens (tertiary/aromatic N) is 1. The third-order valence-electron chi connectivity index (χ3n) is 5.04. The van der Waals surface area contributed by atoms with Gasteiger partial charge in [-0.05, 0) is 56.5 Å². The minimum Gasteiger partial charge on any atom is -0.484 e. The summed E-state index contributed by atoms with van der Waals surface area (Å²) >= 11 is 3.39. The smallest absolute Gasteiger partial charge is 0.261 e. The second-order valence-corrected chi connectivity index (χ2v) is 8.41. The molecule has 30 heavy (non-hydrogen) atoms. The number of ether oxygens (including phenoxy) is 1. The first-order chi connectivity index (χ1) is 14.3. The SMILES string of the molecule is CCC(C)NC(=O)C(CC)N(Cc1ccc(C)cc1)C(=O)COc1ccc(Br)cc1. The van der Waals surface area contributed by atoms with Crippen LogP contribution in [0.1, 0.15) is 44.7 Å². The first-order valence-electron chi connectivity index (χ1n) is 10.4. The van der Waals surface area contributed by atoms with Crippen LogP contribution >= 0.6 is 15.9 Å². The number of amides is 2. The summed E-state index contributed by atoms with van der Waals surface area (Å²) in [6, 6.07) is 14.8. The minimum absolute atomic E-state index is 0.0573. The third-order valence-corrected chi connectivity index (χ3v) is 5.57. The van der Waals surface area contributed by atoms with Crippen molar-refractivity contribution in [1.29, 1.82) is 0 Å². The van der Waals surface area contributed by atoms with E-state index in [9.17, 15) is 9.59 Å². The fourth-order valence-electron chi connectivity index (χ4n) is 3.01. The highest BCUT2D eigenvalue weighted by Gasteiger charge is 2.29. The van der Waals surface area contributed by atoms with Gasteiger partial charge in [0.2, 0.25) is 5.91 Å². The summed E-state index contributed by atoms with van der Waals surface area (Å²) < 4.78 is 6.63. The molecule has 2 aromatic rings. The molecule has 0 fully saturated rings. The lowest BCUT2D eigenvalue weighted by atomic mass is 10.1. The molecule has 0 saturated carbocycles. The quantitative estimate of drug-likeness (QED) is 0.534. The van der Waals surface area contributed by atoms with Gasteiger partial charge in [-0.25, -0.2) is 0 Å². The Labute approximate surface area is 187 Å². The Morgan fingerprint density at radius 2 is 1.67 bits per heavy atom. The van der Waals surface area contributed by atoms with Gasteiger partial charge in [0.15, 0.2) is 6.61 Å². The molecule has 0 aliphatic heterocycles. The van der Waals surface area contributed by atoms with Crippen molar-refractivity contribution in [1.82, 2.24) is 10.2 Å². The van der Waals surface area contributed by atoms with Crippen molar-refractivity contribution < 1.29 is 14.3 Å². The molecule has 0 bridgehead atoms. The van der Waals surface area contributed by atoms with Crippen LogP contribution in [-0.2, 0) is 16.1 Å². The van der Waals surface area contributed by atoms with Gasteiger partial charge in [0, 0.05) is 17.1 Å². The number of hydrogen-bond donors (Lipinski definition) is 1. The van der Waals surface area contributed by atoms with E-state index < -0.39 is 6.04 Å². The van der Waals surface area contributed by atoms with Crippen molar-refractivity contribution in [3.63, 3.8) is 0 Å². The van der Waals surface area contributed by atoms with Crippen LogP contribution in [0.5, 0.6) is 5.75 Å². The van der Waals surface area contributed by atoms with Crippen molar-refractivity contribution >= 4 is 27.7 Å². The van der Waals surface area contributed by atoms with Gasteiger partial charge in [0.25, 0.3) is 5.91 Å². The minimum atomic E-state index is -0.554. The van der Waals surface area contributed by atoms with E-state index in [0.29, 0.717) is 18.7 Å². The summed E-state index contributed by atoms with van der Waals surface area (Å²) in [5.74, 6) is 0.263. The number of rotatable bonds is 10. The monoisotopic (exact) mass is 474 g/mol. The van der Waals surface area contributed by atoms with Crippen molar-refractivity contribution in [2.75, 3.05) is 6.61 Å². The molecule has 2 aromatic carbocycles. The molecule has 0 aliphatic carbocycles. The highest BCUT2D eigenvalue weighted by molar-refractivity contribution is 9.10. The second kappa shape index (κ2) is 11.7. The van der Waals surface area contributed by atoms with Gasteiger partial charge < -0.3 is 15.0 Å². The number of nitrogens with one attached hydrogen (secondary N) is 1. The molecule has 0 aromatic heterocycles. The largest absolute Gasteiger partial charge is 0.484 e. The van der Waals surface area contributed by atoms with Crippen LogP contribution in [0.15, 0.2) is 53.0 Å². The Hall–Kier alpha value is -2.34. The number of hydrogen-bond acceptors (Lipinski definition) is 3. The van der Waals surface area contributed by atoms with E-state index in [4.69, 9.17) is 4.74 Å². The lowest BCUT2D eigenvalue weighted by molar-refractivity contribution is -0.143. The Bertz CT molecular complexity index is 821. The molecule has 0 spiro atoms. The van der Waals surface area contributed by atoms with Crippen LogP contribution < -0.4 is 10.1 Å². The molecule has 2 unspecified atom stereocenters. The Balaban J connectivity index is 2.19. The van der Waals surface area contributed by atoms with Crippen LogP contribution in [0, 0.1) is 6.92 Å². The molecule has 0 radical (unpaired) electrons. The van der Waals surface area contributed by atoms with Crippen molar-refractivity contribution in [3.8, 4) is 5.75 Å². The zero-order valence-electron chi connectivity index (χ0n) is 18.2. The fraction of sp³-hybridized carbons (Fsp3) is 0.417. The van der Waals surface area contributed by atoms with Gasteiger partial charge in [-0.1, -0.05) is 59.6 Å². The summed E-state index contributed by atoms with van der Waals surface area (Å²) in [7, 11) is 0. The predicted octanol–water partition coefficient (Wildman–Crippen LogP) is 4.86. The highest BCUT2D eigenvalue weighted by Crippen LogP contribution is 2.18. The van der Waals surface area contributed by atoms with E-state index in [1.54, 1.807) is 17.0 Å². The number of aryl methyl sites for hydroxylation is 1. The number of halogens is 1. The van der Waals surface area contributed by atoms with Gasteiger partial charge >= 0.3 is 0 Å². The number of benzene rings is 2. The summed E-state index contributed by atoms with van der Waals surface area (Å²) in [5.41, 5.74) is 2.13. The van der Waals surface area contributed by atoms with E-state index in [1.807, 2.05) is 64.1 Å². The molecule has 2 amide bonds. The van der Waals surface area contributed by atoms with Gasteiger partial charge in [0.05, 0.1) is 0 Å². The zero-order chi connectivity index (χ0) is 22.1. The van der Waals surface area contributed by atoms with Crippen molar-refractivity contribution in [3.05, 3.63) is 64.1 Å². The van der Waals surface area contributed by atoms with Gasteiger partial charge in [-0.3, -0.25) is 9.59 Å². The van der Waals surface area contributed by atoms with Crippen molar-refractivity contribution in [2.24, 2.45) is 0 Å². The average molecular weight is 475 g/mol. The first-order valence-corrected chi connectivity index (χ1v) is 11.2. The molecule has 1 N–H and O–H groups in total. The van der Waals surface area contributed by atoms with Crippen LogP contribution in [0.4, 0.5) is 0 Å². The molecule has 2 rings (SSSR count). The normalized spacial score (nSPS) is 12.7. The van der Waals surface area contributed by atoms with Gasteiger partial charge in [-0.15, -0.1) is 0 Å². The molecular formula is C24H31BrN2O3. The Morgan fingerprint density at radius 3 is 2.23 bits per heavy atom. The lowest BCUT2D eigenvalue weighted by Crippen LogP contribution is -2.51. The first kappa shape index (κ1) is 23.9. The molecule has 2 atom stereocenters. The predicted molar refractivity (Wildman–Crippen MR) is 123 cm³/mol. The lowest BCUT2D eigenvalue weighted by Gasteiger charge is -2.31. The summed E-state index contributed by atoms with van der Waals surface area (Å²) in [4.78, 5) is 27.6. The van der Waals surface area contributed by atoms with Crippen LogP contribution in [0.2, 0.25) is 0 Å². The number of carbonyl (C=O) groups is 2. The zero-order valence-corrected chi connectivity index (χ0v) is 19.7. The van der Waals surface area contributed by atoms with E-state index in [1.165, 1.54) is 0 Å². The van der Waals surface area contributed by atoms with Crippen LogP contribution in [-0.4, -0.2) is 35.4 Å². The van der Waals surface area contributed by atoms with Gasteiger partial charge in [0.1, 0.15) is 11.8 Å². The standard InChI is InChI=1S/C24H31BrN2O3/c1-5-18(4)26-24(29)22(6-2)27(15-19-9-7-17(3)8-10-19)23(28)16-30-21-13-11-20(25)12-14-21/h7-14,18,22H,5-6,15-16H2,1-4H3,(H,26,29). The maximum atomic E-state index is 13.1. The van der Waals surface area contributed by atoms with Crippen molar-refractivity contribution in [2.45, 2.75) is 59.2 Å². The molecule has 5 nitrogen and oxygen atoms in total. The van der Waals surface area contributed by atoms with Crippen LogP contribution in [0.25, 0.3) is 0 Å². The second-order valence-electron chi connectivity index (χ2n) is 7.49. The average Bonchev–Trinajstić information content (AvgIpc) is 2.74. The number of carbonyl (C=O) groups excluding carboxylic acids is 2. The topological polar surface area (TPSA) is 58.6 Å². The maximum absolute atomic E-state index is 13.1. The molecule has 0 heterocycles.